The summed E-state index contributed by atoms with van der Waals surface area (Å²) in [6.07, 6.45) is -0.867. The fourth-order valence-corrected chi connectivity index (χ4v) is 2.41. The highest BCUT2D eigenvalue weighted by Crippen LogP contribution is 2.30. The third kappa shape index (κ3) is 3.08. The first-order chi connectivity index (χ1) is 9.51. The summed E-state index contributed by atoms with van der Waals surface area (Å²) in [6.45, 7) is 0.169. The van der Waals surface area contributed by atoms with Gasteiger partial charge in [-0.15, -0.1) is 0 Å². The molecule has 1 aromatic rings. The topological polar surface area (TPSA) is 87.1 Å². The van der Waals surface area contributed by atoms with Gasteiger partial charge in [-0.1, -0.05) is 12.1 Å². The lowest BCUT2D eigenvalue weighted by Gasteiger charge is -2.27. The van der Waals surface area contributed by atoms with E-state index in [2.05, 4.69) is 0 Å². The van der Waals surface area contributed by atoms with Gasteiger partial charge < -0.3 is 19.8 Å². The fraction of sp³-hybridized carbons (Fsp3) is 0.429. The highest BCUT2D eigenvalue weighted by molar-refractivity contribution is 5.80. The van der Waals surface area contributed by atoms with Crippen LogP contribution in [0, 0.1) is 0 Å². The van der Waals surface area contributed by atoms with E-state index in [4.69, 9.17) is 9.84 Å². The molecular weight excluding hydrogens is 262 g/mol. The fourth-order valence-electron chi connectivity index (χ4n) is 2.41. The number of β-amino-alcohol motifs (C(OH)–C–C–N with tert-alkyl or cyclic N) is 1. The van der Waals surface area contributed by atoms with Gasteiger partial charge in [-0.3, -0.25) is 9.59 Å². The summed E-state index contributed by atoms with van der Waals surface area (Å²) in [5.74, 6) is -0.546. The van der Waals surface area contributed by atoms with E-state index < -0.39 is 18.1 Å². The van der Waals surface area contributed by atoms with Gasteiger partial charge in [-0.25, -0.2) is 0 Å². The van der Waals surface area contributed by atoms with Crippen LogP contribution >= 0.6 is 0 Å². The van der Waals surface area contributed by atoms with Crippen LogP contribution in [0.25, 0.3) is 0 Å². The number of carboxylic acids is 1. The summed E-state index contributed by atoms with van der Waals surface area (Å²) in [4.78, 5) is 24.3. The van der Waals surface area contributed by atoms with Crippen molar-refractivity contribution in [3.8, 4) is 5.75 Å². The number of carbonyl (C=O) groups excluding carboxylic acids is 1. The van der Waals surface area contributed by atoms with Crippen LogP contribution in [0.5, 0.6) is 5.75 Å². The molecule has 0 aliphatic carbocycles. The SMILES string of the molecule is COc1ccc(C(CC(=O)O)N2CC(O)CC2=O)cc1. The summed E-state index contributed by atoms with van der Waals surface area (Å²) < 4.78 is 5.06. The van der Waals surface area contributed by atoms with E-state index in [1.807, 2.05) is 0 Å². The maximum Gasteiger partial charge on any atom is 0.305 e. The van der Waals surface area contributed by atoms with Crippen LogP contribution < -0.4 is 4.74 Å². The van der Waals surface area contributed by atoms with E-state index in [0.717, 1.165) is 5.56 Å². The van der Waals surface area contributed by atoms with Crippen LogP contribution in [0.1, 0.15) is 24.4 Å². The smallest absolute Gasteiger partial charge is 0.305 e. The number of carbonyl (C=O) groups is 2. The number of aliphatic carboxylic acids is 1. The first kappa shape index (κ1) is 14.3. The number of rotatable bonds is 5. The number of likely N-dealkylation sites (tertiary alicyclic amines) is 1. The van der Waals surface area contributed by atoms with Gasteiger partial charge in [-0.2, -0.15) is 0 Å². The van der Waals surface area contributed by atoms with Crippen molar-refractivity contribution in [3.63, 3.8) is 0 Å². The van der Waals surface area contributed by atoms with Crippen LogP contribution in [-0.4, -0.2) is 46.7 Å². The molecule has 0 radical (unpaired) electrons. The zero-order chi connectivity index (χ0) is 14.7. The average molecular weight is 279 g/mol. The van der Waals surface area contributed by atoms with Gasteiger partial charge in [0.25, 0.3) is 0 Å². The summed E-state index contributed by atoms with van der Waals surface area (Å²) >= 11 is 0. The van der Waals surface area contributed by atoms with Gasteiger partial charge in [0.1, 0.15) is 5.75 Å². The lowest BCUT2D eigenvalue weighted by Crippen LogP contribution is -2.32. The van der Waals surface area contributed by atoms with E-state index in [1.165, 1.54) is 4.90 Å². The molecule has 2 rings (SSSR count). The Morgan fingerprint density at radius 1 is 1.45 bits per heavy atom. The van der Waals surface area contributed by atoms with Crippen molar-refractivity contribution in [1.29, 1.82) is 0 Å². The van der Waals surface area contributed by atoms with Crippen LogP contribution in [0.15, 0.2) is 24.3 Å². The molecule has 1 amide bonds. The molecule has 6 nitrogen and oxygen atoms in total. The number of carboxylic acid groups (broad SMARTS) is 1. The number of hydrogen-bond acceptors (Lipinski definition) is 4. The molecule has 2 unspecified atom stereocenters. The molecule has 6 heteroatoms. The Labute approximate surface area is 116 Å². The minimum Gasteiger partial charge on any atom is -0.497 e. The minimum absolute atomic E-state index is 0.0479. The van der Waals surface area contributed by atoms with Crippen molar-refractivity contribution in [2.75, 3.05) is 13.7 Å². The number of aliphatic hydroxyl groups excluding tert-OH is 1. The number of methoxy groups -OCH3 is 1. The second-order valence-electron chi connectivity index (χ2n) is 4.79. The third-order valence-electron chi connectivity index (χ3n) is 3.38. The standard InChI is InChI=1S/C14H17NO5/c1-20-11-4-2-9(3-5-11)12(7-14(18)19)15-8-10(16)6-13(15)17/h2-5,10,12,16H,6-8H2,1H3,(H,18,19). The molecule has 108 valence electrons. The van der Waals surface area contributed by atoms with Crippen molar-refractivity contribution in [1.82, 2.24) is 4.90 Å². The summed E-state index contributed by atoms with van der Waals surface area (Å²) in [5, 5.41) is 18.6. The molecular formula is C14H17NO5. The van der Waals surface area contributed by atoms with E-state index in [9.17, 15) is 14.7 Å². The quantitative estimate of drug-likeness (QED) is 0.832. The summed E-state index contributed by atoms with van der Waals surface area (Å²) in [7, 11) is 1.55. The van der Waals surface area contributed by atoms with Gasteiger partial charge >= 0.3 is 5.97 Å². The minimum atomic E-state index is -0.986. The molecule has 1 aliphatic heterocycles. The van der Waals surface area contributed by atoms with Gasteiger partial charge in [0, 0.05) is 6.54 Å². The first-order valence-corrected chi connectivity index (χ1v) is 6.34. The number of nitrogens with zero attached hydrogens (tertiary/aromatic N) is 1. The van der Waals surface area contributed by atoms with Crippen LogP contribution in [0.4, 0.5) is 0 Å². The van der Waals surface area contributed by atoms with E-state index in [1.54, 1.807) is 31.4 Å². The lowest BCUT2D eigenvalue weighted by molar-refractivity contribution is -0.139. The van der Waals surface area contributed by atoms with Crippen molar-refractivity contribution in [3.05, 3.63) is 29.8 Å². The van der Waals surface area contributed by atoms with Gasteiger partial charge in [0.15, 0.2) is 0 Å². The molecule has 20 heavy (non-hydrogen) atoms. The normalized spacial score (nSPS) is 20.0. The first-order valence-electron chi connectivity index (χ1n) is 6.34. The molecule has 0 saturated carbocycles. The average Bonchev–Trinajstić information content (AvgIpc) is 2.75. The molecule has 1 saturated heterocycles. The molecule has 2 N–H and O–H groups in total. The summed E-state index contributed by atoms with van der Waals surface area (Å²) in [6, 6.07) is 6.36. The largest absolute Gasteiger partial charge is 0.497 e. The van der Waals surface area contributed by atoms with Gasteiger partial charge in [0.2, 0.25) is 5.91 Å². The molecule has 0 spiro atoms. The number of aliphatic hydroxyl groups is 1. The number of ether oxygens (including phenoxy) is 1. The maximum atomic E-state index is 11.9. The van der Waals surface area contributed by atoms with Crippen molar-refractivity contribution < 1.29 is 24.5 Å². The van der Waals surface area contributed by atoms with Crippen molar-refractivity contribution in [2.24, 2.45) is 0 Å². The number of hydrogen-bond donors (Lipinski definition) is 2. The van der Waals surface area contributed by atoms with Gasteiger partial charge in [0.05, 0.1) is 32.1 Å². The molecule has 2 atom stereocenters. The lowest BCUT2D eigenvalue weighted by atomic mass is 10.0. The molecule has 0 aromatic heterocycles. The highest BCUT2D eigenvalue weighted by atomic mass is 16.5. The van der Waals surface area contributed by atoms with Crippen LogP contribution in [0.3, 0.4) is 0 Å². The van der Waals surface area contributed by atoms with Crippen LogP contribution in [0.2, 0.25) is 0 Å². The Balaban J connectivity index is 2.26. The molecule has 0 bridgehead atoms. The Bertz CT molecular complexity index is 499. The summed E-state index contributed by atoms with van der Waals surface area (Å²) in [5.41, 5.74) is 0.718. The van der Waals surface area contributed by atoms with Crippen molar-refractivity contribution >= 4 is 11.9 Å². The van der Waals surface area contributed by atoms with Gasteiger partial charge in [-0.05, 0) is 17.7 Å². The molecule has 1 heterocycles. The van der Waals surface area contributed by atoms with Crippen LogP contribution in [-0.2, 0) is 9.59 Å². The maximum absolute atomic E-state index is 11.9. The predicted molar refractivity (Wildman–Crippen MR) is 70.3 cm³/mol. The highest BCUT2D eigenvalue weighted by Gasteiger charge is 2.35. The predicted octanol–water partition coefficient (Wildman–Crippen LogP) is 0.804. The second kappa shape index (κ2) is 5.92. The Morgan fingerprint density at radius 3 is 2.55 bits per heavy atom. The van der Waals surface area contributed by atoms with Crippen molar-refractivity contribution in [2.45, 2.75) is 25.0 Å². The molecule has 1 aromatic carbocycles. The Hall–Kier alpha value is -2.08. The monoisotopic (exact) mass is 279 g/mol. The Kier molecular flexibility index (Phi) is 4.24. The zero-order valence-electron chi connectivity index (χ0n) is 11.2. The van der Waals surface area contributed by atoms with E-state index in [-0.39, 0.29) is 25.3 Å². The van der Waals surface area contributed by atoms with E-state index in [0.29, 0.717) is 5.75 Å². The number of amides is 1. The second-order valence-corrected chi connectivity index (χ2v) is 4.79. The molecule has 1 fully saturated rings. The molecule has 1 aliphatic rings. The zero-order valence-corrected chi connectivity index (χ0v) is 11.2. The van der Waals surface area contributed by atoms with E-state index >= 15 is 0 Å². The number of benzene rings is 1. The Morgan fingerprint density at radius 2 is 2.10 bits per heavy atom. The third-order valence-corrected chi connectivity index (χ3v) is 3.38.